The van der Waals surface area contributed by atoms with Gasteiger partial charge in [-0.25, -0.2) is 0 Å². The molecule has 0 bridgehead atoms. The van der Waals surface area contributed by atoms with E-state index in [1.807, 2.05) is 4.57 Å². The second-order valence-electron chi connectivity index (χ2n) is 6.62. The second kappa shape index (κ2) is 7.84. The highest BCUT2D eigenvalue weighted by atomic mass is 16.5. The summed E-state index contributed by atoms with van der Waals surface area (Å²) in [6.07, 6.45) is 1.53. The van der Waals surface area contributed by atoms with Crippen LogP contribution in [0.1, 0.15) is 46.3 Å². The summed E-state index contributed by atoms with van der Waals surface area (Å²) in [7, 11) is 1.63. The smallest absolute Gasteiger partial charge is 0.251 e. The third-order valence-corrected chi connectivity index (χ3v) is 4.83. The number of methoxy groups -OCH3 is 1. The Bertz CT molecular complexity index is 783. The van der Waals surface area contributed by atoms with Crippen molar-refractivity contribution in [3.8, 4) is 5.75 Å². The number of aromatic nitrogens is 3. The maximum atomic E-state index is 12.3. The number of nitrogens with zero attached hydrogens (tertiary/aromatic N) is 3. The van der Waals surface area contributed by atoms with E-state index >= 15 is 0 Å². The number of benzene rings is 1. The molecule has 1 heterocycles. The summed E-state index contributed by atoms with van der Waals surface area (Å²) >= 11 is 0. The number of ether oxygens (including phenoxy) is 1. The number of hydrogen-bond donors (Lipinski definition) is 3. The Hall–Kier alpha value is -2.45. The first-order valence-corrected chi connectivity index (χ1v) is 8.65. The average Bonchev–Trinajstić information content (AvgIpc) is 3.00. The lowest BCUT2D eigenvalue weighted by molar-refractivity contribution is 0.0906. The summed E-state index contributed by atoms with van der Waals surface area (Å²) in [6, 6.07) is 4.97. The first-order valence-electron chi connectivity index (χ1n) is 8.65. The van der Waals surface area contributed by atoms with E-state index in [4.69, 9.17) is 4.74 Å². The normalized spacial score (nSPS) is 19.2. The zero-order valence-electron chi connectivity index (χ0n) is 15.0. The molecule has 2 aromatic rings. The van der Waals surface area contributed by atoms with Gasteiger partial charge in [0.05, 0.1) is 6.61 Å². The minimum atomic E-state index is -0.194. The summed E-state index contributed by atoms with van der Waals surface area (Å²) in [5.74, 6) is 1.47. The molecule has 0 radical (unpaired) electrons. The van der Waals surface area contributed by atoms with Crippen LogP contribution in [0.5, 0.6) is 5.75 Å². The van der Waals surface area contributed by atoms with Gasteiger partial charge in [0.2, 0.25) is 0 Å². The van der Waals surface area contributed by atoms with E-state index in [0.717, 1.165) is 24.2 Å². The van der Waals surface area contributed by atoms with Crippen LogP contribution in [0.25, 0.3) is 0 Å². The van der Waals surface area contributed by atoms with E-state index in [-0.39, 0.29) is 30.2 Å². The molecule has 0 aliphatic heterocycles. The molecule has 1 fully saturated rings. The van der Waals surface area contributed by atoms with Crippen molar-refractivity contribution >= 4 is 5.91 Å². The van der Waals surface area contributed by atoms with Gasteiger partial charge >= 0.3 is 0 Å². The summed E-state index contributed by atoms with van der Waals surface area (Å²) in [5, 5.41) is 30.4. The van der Waals surface area contributed by atoms with E-state index < -0.39 is 0 Å². The van der Waals surface area contributed by atoms with Crippen LogP contribution in [-0.2, 0) is 17.9 Å². The van der Waals surface area contributed by atoms with E-state index in [2.05, 4.69) is 15.5 Å². The SMILES string of the molecule is COCCn1c(CO)nnc1C1CC(NC(=O)c2ccc(C)c(O)c2)C1. The Kier molecular flexibility index (Phi) is 5.53. The van der Waals surface area contributed by atoms with Gasteiger partial charge in [-0.3, -0.25) is 4.79 Å². The summed E-state index contributed by atoms with van der Waals surface area (Å²) in [4.78, 5) is 12.3. The maximum Gasteiger partial charge on any atom is 0.251 e. The van der Waals surface area contributed by atoms with Gasteiger partial charge in [-0.1, -0.05) is 6.07 Å². The molecule has 1 saturated carbocycles. The topological polar surface area (TPSA) is 110 Å². The van der Waals surface area contributed by atoms with E-state index in [0.29, 0.717) is 24.5 Å². The van der Waals surface area contributed by atoms with Crippen LogP contribution in [0.4, 0.5) is 0 Å². The maximum absolute atomic E-state index is 12.3. The van der Waals surface area contributed by atoms with Crippen LogP contribution in [0.15, 0.2) is 18.2 Å². The standard InChI is InChI=1S/C18H24N4O4/c1-11-3-4-12(9-15(11)24)18(25)19-14-7-13(8-14)17-21-20-16(10-23)22(17)5-6-26-2/h3-4,9,13-14,23-24H,5-8,10H2,1-2H3,(H,19,25). The number of aliphatic hydroxyl groups excluding tert-OH is 1. The van der Waals surface area contributed by atoms with Crippen molar-refractivity contribution in [2.75, 3.05) is 13.7 Å². The summed E-state index contributed by atoms with van der Waals surface area (Å²) in [5.41, 5.74) is 1.18. The molecule has 1 aliphatic carbocycles. The largest absolute Gasteiger partial charge is 0.508 e. The van der Waals surface area contributed by atoms with Crippen LogP contribution in [0.2, 0.25) is 0 Å². The first-order chi connectivity index (χ1) is 12.5. The highest BCUT2D eigenvalue weighted by Crippen LogP contribution is 2.36. The van der Waals surface area contributed by atoms with Crippen molar-refractivity contribution in [1.82, 2.24) is 20.1 Å². The Morgan fingerprint density at radius 2 is 2.15 bits per heavy atom. The molecule has 1 aliphatic rings. The number of carbonyl (C=O) groups is 1. The van der Waals surface area contributed by atoms with Crippen molar-refractivity contribution in [2.45, 2.75) is 44.9 Å². The van der Waals surface area contributed by atoms with Gasteiger partial charge in [-0.15, -0.1) is 10.2 Å². The number of aromatic hydroxyl groups is 1. The summed E-state index contributed by atoms with van der Waals surface area (Å²) in [6.45, 7) is 2.72. The second-order valence-corrected chi connectivity index (χ2v) is 6.62. The Morgan fingerprint density at radius 1 is 1.38 bits per heavy atom. The molecule has 140 valence electrons. The van der Waals surface area contributed by atoms with Gasteiger partial charge in [0.25, 0.3) is 5.91 Å². The molecule has 0 atom stereocenters. The number of aryl methyl sites for hydroxylation is 1. The molecular weight excluding hydrogens is 336 g/mol. The van der Waals surface area contributed by atoms with Crippen molar-refractivity contribution in [3.63, 3.8) is 0 Å². The van der Waals surface area contributed by atoms with Gasteiger partial charge < -0.3 is 24.8 Å². The predicted octanol–water partition coefficient (Wildman–Crippen LogP) is 1.11. The number of hydrogen-bond acceptors (Lipinski definition) is 6. The quantitative estimate of drug-likeness (QED) is 0.682. The molecule has 26 heavy (non-hydrogen) atoms. The number of phenolic OH excluding ortho intramolecular Hbond substituents is 1. The van der Waals surface area contributed by atoms with Crippen LogP contribution >= 0.6 is 0 Å². The van der Waals surface area contributed by atoms with Crippen molar-refractivity contribution in [2.24, 2.45) is 0 Å². The third-order valence-electron chi connectivity index (χ3n) is 4.83. The molecular formula is C18H24N4O4. The van der Waals surface area contributed by atoms with Crippen LogP contribution in [-0.4, -0.2) is 50.6 Å². The number of amides is 1. The number of aliphatic hydroxyl groups is 1. The molecule has 1 aromatic carbocycles. The number of nitrogens with one attached hydrogen (secondary N) is 1. The molecule has 8 heteroatoms. The lowest BCUT2D eigenvalue weighted by atomic mass is 9.79. The lowest BCUT2D eigenvalue weighted by Crippen LogP contribution is -2.44. The van der Waals surface area contributed by atoms with Gasteiger partial charge in [0.1, 0.15) is 18.2 Å². The monoisotopic (exact) mass is 360 g/mol. The van der Waals surface area contributed by atoms with Gasteiger partial charge in [-0.05, 0) is 37.5 Å². The van der Waals surface area contributed by atoms with E-state index in [1.54, 1.807) is 26.2 Å². The minimum absolute atomic E-state index is 0.0566. The average molecular weight is 360 g/mol. The van der Waals surface area contributed by atoms with E-state index in [9.17, 15) is 15.0 Å². The fraction of sp³-hybridized carbons (Fsp3) is 0.500. The number of rotatable bonds is 7. The van der Waals surface area contributed by atoms with Crippen LogP contribution < -0.4 is 5.32 Å². The van der Waals surface area contributed by atoms with Crippen LogP contribution in [0, 0.1) is 6.92 Å². The van der Waals surface area contributed by atoms with Crippen molar-refractivity contribution < 1.29 is 19.7 Å². The molecule has 3 rings (SSSR count). The number of carbonyl (C=O) groups excluding carboxylic acids is 1. The lowest BCUT2D eigenvalue weighted by Gasteiger charge is -2.35. The zero-order valence-corrected chi connectivity index (χ0v) is 15.0. The Morgan fingerprint density at radius 3 is 2.81 bits per heavy atom. The highest BCUT2D eigenvalue weighted by molar-refractivity contribution is 5.95. The fourth-order valence-electron chi connectivity index (χ4n) is 3.16. The predicted molar refractivity (Wildman–Crippen MR) is 93.9 cm³/mol. The zero-order chi connectivity index (χ0) is 18.7. The molecule has 8 nitrogen and oxygen atoms in total. The van der Waals surface area contributed by atoms with Gasteiger partial charge in [-0.2, -0.15) is 0 Å². The Labute approximate surface area is 151 Å². The molecule has 1 aromatic heterocycles. The Balaban J connectivity index is 1.59. The molecule has 3 N–H and O–H groups in total. The van der Waals surface area contributed by atoms with Gasteiger partial charge in [0.15, 0.2) is 5.82 Å². The van der Waals surface area contributed by atoms with Crippen LogP contribution in [0.3, 0.4) is 0 Å². The molecule has 0 unspecified atom stereocenters. The fourth-order valence-corrected chi connectivity index (χ4v) is 3.16. The molecule has 1 amide bonds. The summed E-state index contributed by atoms with van der Waals surface area (Å²) < 4.78 is 7.00. The van der Waals surface area contributed by atoms with Crippen molar-refractivity contribution in [3.05, 3.63) is 41.0 Å². The minimum Gasteiger partial charge on any atom is -0.508 e. The molecule has 0 saturated heterocycles. The van der Waals surface area contributed by atoms with E-state index in [1.165, 1.54) is 6.07 Å². The van der Waals surface area contributed by atoms with Crippen molar-refractivity contribution in [1.29, 1.82) is 0 Å². The molecule has 0 spiro atoms. The van der Waals surface area contributed by atoms with Gasteiger partial charge in [0, 0.05) is 31.2 Å². The third kappa shape index (κ3) is 3.71. The number of phenols is 1. The first kappa shape index (κ1) is 18.3. The highest BCUT2D eigenvalue weighted by Gasteiger charge is 2.35.